The van der Waals surface area contributed by atoms with Gasteiger partial charge in [-0.25, -0.2) is 8.42 Å². The Hall–Kier alpha value is -3.11. The quantitative estimate of drug-likeness (QED) is 0.574. The van der Waals surface area contributed by atoms with Crippen LogP contribution in [0.5, 0.6) is 11.5 Å². The molecule has 9 nitrogen and oxygen atoms in total. The molecule has 0 bridgehead atoms. The molecule has 1 unspecified atom stereocenters. The van der Waals surface area contributed by atoms with Crippen LogP contribution in [0, 0.1) is 0 Å². The van der Waals surface area contributed by atoms with Crippen molar-refractivity contribution < 1.29 is 27.5 Å². The van der Waals surface area contributed by atoms with Gasteiger partial charge in [0.2, 0.25) is 15.9 Å². The molecular formula is C23H29N3O6S. The third kappa shape index (κ3) is 5.82. The summed E-state index contributed by atoms with van der Waals surface area (Å²) in [5.74, 6) is 0.554. The Labute approximate surface area is 194 Å². The monoisotopic (exact) mass is 475 g/mol. The summed E-state index contributed by atoms with van der Waals surface area (Å²) in [6, 6.07) is 10.9. The number of nitrogens with zero attached hydrogens (tertiary/aromatic N) is 1. The SMILES string of the molecule is CCCOc1ccc(C(C)NC(=O)c2ccc(S(=O)(=O)N3CCNC(=O)C3)cc2)cc1OC. The van der Waals surface area contributed by atoms with E-state index in [1.807, 2.05) is 32.0 Å². The molecule has 0 saturated carbocycles. The highest BCUT2D eigenvalue weighted by Crippen LogP contribution is 2.30. The van der Waals surface area contributed by atoms with Gasteiger partial charge in [-0.1, -0.05) is 13.0 Å². The number of sulfonamides is 1. The minimum atomic E-state index is -3.81. The zero-order chi connectivity index (χ0) is 24.0. The van der Waals surface area contributed by atoms with Gasteiger partial charge in [-0.2, -0.15) is 4.31 Å². The summed E-state index contributed by atoms with van der Waals surface area (Å²) in [7, 11) is -2.24. The predicted octanol–water partition coefficient (Wildman–Crippen LogP) is 2.10. The summed E-state index contributed by atoms with van der Waals surface area (Å²) in [6.07, 6.45) is 0.880. The summed E-state index contributed by atoms with van der Waals surface area (Å²) >= 11 is 0. The normalized spacial score (nSPS) is 15.4. The Balaban J connectivity index is 1.68. The average molecular weight is 476 g/mol. The number of benzene rings is 2. The van der Waals surface area contributed by atoms with E-state index in [4.69, 9.17) is 9.47 Å². The molecule has 1 aliphatic rings. The molecule has 0 aliphatic carbocycles. The molecule has 1 atom stereocenters. The van der Waals surface area contributed by atoms with Gasteiger partial charge in [-0.05, 0) is 55.3 Å². The lowest BCUT2D eigenvalue weighted by Crippen LogP contribution is -2.49. The van der Waals surface area contributed by atoms with Crippen molar-refractivity contribution in [1.82, 2.24) is 14.9 Å². The molecule has 178 valence electrons. The molecule has 33 heavy (non-hydrogen) atoms. The number of hydrogen-bond donors (Lipinski definition) is 2. The number of carbonyl (C=O) groups is 2. The fourth-order valence-electron chi connectivity index (χ4n) is 3.40. The molecule has 2 N–H and O–H groups in total. The van der Waals surface area contributed by atoms with Gasteiger partial charge in [0, 0.05) is 18.7 Å². The molecule has 1 fully saturated rings. The van der Waals surface area contributed by atoms with Gasteiger partial charge in [0.1, 0.15) is 0 Å². The molecule has 10 heteroatoms. The van der Waals surface area contributed by atoms with Crippen LogP contribution in [0.1, 0.15) is 42.2 Å². The van der Waals surface area contributed by atoms with E-state index < -0.39 is 10.0 Å². The fraction of sp³-hybridized carbons (Fsp3) is 0.391. The molecule has 1 heterocycles. The van der Waals surface area contributed by atoms with E-state index >= 15 is 0 Å². The average Bonchev–Trinajstić information content (AvgIpc) is 2.82. The molecule has 0 aromatic heterocycles. The van der Waals surface area contributed by atoms with Crippen LogP contribution in [0.25, 0.3) is 0 Å². The van der Waals surface area contributed by atoms with E-state index in [1.165, 1.54) is 24.3 Å². The number of methoxy groups -OCH3 is 1. The van der Waals surface area contributed by atoms with Crippen molar-refractivity contribution >= 4 is 21.8 Å². The van der Waals surface area contributed by atoms with Crippen LogP contribution in [0.4, 0.5) is 0 Å². The molecule has 0 spiro atoms. The maximum atomic E-state index is 12.8. The Morgan fingerprint density at radius 1 is 1.18 bits per heavy atom. The van der Waals surface area contributed by atoms with Crippen molar-refractivity contribution in [3.05, 3.63) is 53.6 Å². The number of nitrogens with one attached hydrogen (secondary N) is 2. The van der Waals surface area contributed by atoms with Crippen LogP contribution in [0.2, 0.25) is 0 Å². The van der Waals surface area contributed by atoms with Gasteiger partial charge >= 0.3 is 0 Å². The van der Waals surface area contributed by atoms with Crippen molar-refractivity contribution in [3.63, 3.8) is 0 Å². The van der Waals surface area contributed by atoms with Crippen LogP contribution >= 0.6 is 0 Å². The van der Waals surface area contributed by atoms with Crippen LogP contribution in [-0.4, -0.2) is 57.9 Å². The number of carbonyl (C=O) groups excluding carboxylic acids is 2. The predicted molar refractivity (Wildman–Crippen MR) is 123 cm³/mol. The maximum Gasteiger partial charge on any atom is 0.251 e. The Morgan fingerprint density at radius 2 is 1.91 bits per heavy atom. The lowest BCUT2D eigenvalue weighted by Gasteiger charge is -2.25. The van der Waals surface area contributed by atoms with Crippen molar-refractivity contribution in [2.24, 2.45) is 0 Å². The zero-order valence-corrected chi connectivity index (χ0v) is 19.8. The van der Waals surface area contributed by atoms with Crippen LogP contribution < -0.4 is 20.1 Å². The van der Waals surface area contributed by atoms with Gasteiger partial charge in [-0.15, -0.1) is 0 Å². The standard InChI is InChI=1S/C23H29N3O6S/c1-4-13-32-20-10-7-18(14-21(20)31-3)16(2)25-23(28)17-5-8-19(9-6-17)33(29,30)26-12-11-24-22(27)15-26/h5-10,14,16H,4,11-13,15H2,1-3H3,(H,24,27)(H,25,28). The zero-order valence-electron chi connectivity index (χ0n) is 19.0. The molecule has 2 aromatic rings. The second-order valence-electron chi connectivity index (χ2n) is 7.67. The van der Waals surface area contributed by atoms with Gasteiger partial charge < -0.3 is 20.1 Å². The van der Waals surface area contributed by atoms with Gasteiger partial charge in [0.15, 0.2) is 11.5 Å². The summed E-state index contributed by atoms with van der Waals surface area (Å²) < 4.78 is 37.7. The number of ether oxygens (including phenoxy) is 2. The Morgan fingerprint density at radius 3 is 2.55 bits per heavy atom. The maximum absolute atomic E-state index is 12.8. The van der Waals surface area contributed by atoms with Crippen LogP contribution in [-0.2, 0) is 14.8 Å². The summed E-state index contributed by atoms with van der Waals surface area (Å²) in [5, 5.41) is 5.50. The third-order valence-electron chi connectivity index (χ3n) is 5.25. The first kappa shape index (κ1) is 24.5. The van der Waals surface area contributed by atoms with Crippen molar-refractivity contribution in [1.29, 1.82) is 0 Å². The van der Waals surface area contributed by atoms with E-state index in [1.54, 1.807) is 7.11 Å². The van der Waals surface area contributed by atoms with Gasteiger partial charge in [0.05, 0.1) is 31.2 Å². The number of rotatable bonds is 9. The van der Waals surface area contributed by atoms with E-state index in [0.29, 0.717) is 23.7 Å². The molecule has 1 aliphatic heterocycles. The smallest absolute Gasteiger partial charge is 0.251 e. The first-order valence-corrected chi connectivity index (χ1v) is 12.2. The molecule has 1 saturated heterocycles. The number of amides is 2. The first-order valence-electron chi connectivity index (χ1n) is 10.7. The molecule has 2 amide bonds. The van der Waals surface area contributed by atoms with E-state index in [9.17, 15) is 18.0 Å². The molecule has 0 radical (unpaired) electrons. The summed E-state index contributed by atoms with van der Waals surface area (Å²) in [6.45, 7) is 4.71. The number of piperazine rings is 1. The highest BCUT2D eigenvalue weighted by molar-refractivity contribution is 7.89. The van der Waals surface area contributed by atoms with E-state index in [2.05, 4.69) is 10.6 Å². The minimum Gasteiger partial charge on any atom is -0.493 e. The molecule has 2 aromatic carbocycles. The summed E-state index contributed by atoms with van der Waals surface area (Å²) in [5.41, 5.74) is 1.17. The highest BCUT2D eigenvalue weighted by Gasteiger charge is 2.29. The van der Waals surface area contributed by atoms with Gasteiger partial charge in [0.25, 0.3) is 5.91 Å². The van der Waals surface area contributed by atoms with Gasteiger partial charge in [-0.3, -0.25) is 9.59 Å². The lowest BCUT2D eigenvalue weighted by molar-refractivity contribution is -0.122. The fourth-order valence-corrected chi connectivity index (χ4v) is 4.79. The largest absolute Gasteiger partial charge is 0.493 e. The second-order valence-corrected chi connectivity index (χ2v) is 9.60. The summed E-state index contributed by atoms with van der Waals surface area (Å²) in [4.78, 5) is 24.3. The first-order chi connectivity index (χ1) is 15.8. The Kier molecular flexibility index (Phi) is 7.93. The van der Waals surface area contributed by atoms with Crippen LogP contribution in [0.15, 0.2) is 47.4 Å². The van der Waals surface area contributed by atoms with Crippen LogP contribution in [0.3, 0.4) is 0 Å². The topological polar surface area (TPSA) is 114 Å². The van der Waals surface area contributed by atoms with Crippen molar-refractivity contribution in [2.75, 3.05) is 33.4 Å². The third-order valence-corrected chi connectivity index (χ3v) is 7.11. The lowest BCUT2D eigenvalue weighted by atomic mass is 10.1. The Bertz CT molecular complexity index is 1100. The van der Waals surface area contributed by atoms with Crippen molar-refractivity contribution in [3.8, 4) is 11.5 Å². The van der Waals surface area contributed by atoms with E-state index in [0.717, 1.165) is 16.3 Å². The molecule has 3 rings (SSSR count). The minimum absolute atomic E-state index is 0.0363. The second kappa shape index (κ2) is 10.7. The number of hydrogen-bond acceptors (Lipinski definition) is 6. The van der Waals surface area contributed by atoms with E-state index in [-0.39, 0.29) is 42.4 Å². The van der Waals surface area contributed by atoms with Crippen molar-refractivity contribution in [2.45, 2.75) is 31.2 Å². The highest BCUT2D eigenvalue weighted by atomic mass is 32.2. The molecular weight excluding hydrogens is 446 g/mol.